The Bertz CT molecular complexity index is 494. The van der Waals surface area contributed by atoms with Crippen LogP contribution in [0.1, 0.15) is 64.7 Å². The molecule has 4 aliphatic carbocycles. The van der Waals surface area contributed by atoms with Gasteiger partial charge < -0.3 is 5.11 Å². The molecule has 4 aliphatic rings. The molecular weight excluding hydrogens is 272 g/mol. The van der Waals surface area contributed by atoms with Crippen LogP contribution in [0.25, 0.3) is 0 Å². The summed E-state index contributed by atoms with van der Waals surface area (Å²) in [5, 5.41) is 9.32. The fourth-order valence-electron chi connectivity index (χ4n) is 6.79. The quantitative estimate of drug-likeness (QED) is 0.833. The van der Waals surface area contributed by atoms with Crippen molar-refractivity contribution in [1.82, 2.24) is 0 Å². The van der Waals surface area contributed by atoms with E-state index in [9.17, 15) is 9.90 Å². The molecule has 1 N–H and O–H groups in total. The maximum Gasteiger partial charge on any atom is 0.155 e. The van der Waals surface area contributed by atoms with Crippen LogP contribution in [0.15, 0.2) is 11.6 Å². The Labute approximate surface area is 134 Å². The summed E-state index contributed by atoms with van der Waals surface area (Å²) in [6.07, 6.45) is 12.8. The number of carbonyl (C=O) groups is 1. The molecule has 0 aromatic heterocycles. The van der Waals surface area contributed by atoms with Crippen LogP contribution in [0.3, 0.4) is 0 Å². The average Bonchev–Trinajstić information content (AvgIpc) is 2.83. The van der Waals surface area contributed by atoms with Crippen LogP contribution < -0.4 is 0 Å². The molecule has 2 nitrogen and oxygen atoms in total. The number of ketones is 1. The van der Waals surface area contributed by atoms with Crippen molar-refractivity contribution < 1.29 is 9.90 Å². The van der Waals surface area contributed by atoms with Gasteiger partial charge in [-0.2, -0.15) is 0 Å². The number of hydrogen-bond donors (Lipinski definition) is 1. The first kappa shape index (κ1) is 14.9. The predicted molar refractivity (Wildman–Crippen MR) is 87.3 cm³/mol. The summed E-state index contributed by atoms with van der Waals surface area (Å²) in [6.45, 7) is 2.89. The van der Waals surface area contributed by atoms with Crippen LogP contribution in [0.5, 0.6) is 0 Å². The van der Waals surface area contributed by atoms with Gasteiger partial charge in [0.05, 0.1) is 0 Å². The van der Waals surface area contributed by atoms with Crippen molar-refractivity contribution in [2.75, 3.05) is 6.61 Å². The van der Waals surface area contributed by atoms with Crippen molar-refractivity contribution >= 4 is 5.78 Å². The fourth-order valence-corrected chi connectivity index (χ4v) is 6.79. The number of fused-ring (bicyclic) bond motifs is 5. The molecule has 122 valence electrons. The van der Waals surface area contributed by atoms with E-state index in [1.165, 1.54) is 44.1 Å². The van der Waals surface area contributed by atoms with E-state index < -0.39 is 0 Å². The summed E-state index contributed by atoms with van der Waals surface area (Å²) in [6, 6.07) is 0. The lowest BCUT2D eigenvalue weighted by Crippen LogP contribution is -2.44. The van der Waals surface area contributed by atoms with Crippen molar-refractivity contribution in [3.8, 4) is 0 Å². The third-order valence-electron chi connectivity index (χ3n) is 7.70. The van der Waals surface area contributed by atoms with Crippen molar-refractivity contribution in [3.05, 3.63) is 11.6 Å². The molecule has 0 saturated heterocycles. The first-order valence-corrected chi connectivity index (χ1v) is 9.45. The van der Waals surface area contributed by atoms with Gasteiger partial charge in [-0.3, -0.25) is 4.79 Å². The Balaban J connectivity index is 1.56. The fraction of sp³-hybridized carbons (Fsp3) is 0.850. The zero-order valence-electron chi connectivity index (χ0n) is 13.9. The smallest absolute Gasteiger partial charge is 0.155 e. The SMILES string of the molecule is C[C@]12CC[C@H]3[C@@H](CCC4=CC(=O)CC[C@@H]43)[C@@H]1C[C@H](CCO)C2. The highest BCUT2D eigenvalue weighted by molar-refractivity contribution is 5.91. The molecule has 3 saturated carbocycles. The summed E-state index contributed by atoms with van der Waals surface area (Å²) >= 11 is 0. The molecule has 6 atom stereocenters. The lowest BCUT2D eigenvalue weighted by molar-refractivity contribution is -0.116. The highest BCUT2D eigenvalue weighted by atomic mass is 16.3. The van der Waals surface area contributed by atoms with E-state index in [4.69, 9.17) is 0 Å². The van der Waals surface area contributed by atoms with Gasteiger partial charge in [-0.15, -0.1) is 0 Å². The first-order valence-electron chi connectivity index (χ1n) is 9.45. The standard InChI is InChI=1S/C20H30O2/c1-20-8-6-17-16-5-3-15(22)11-14(16)2-4-18(17)19(20)10-13(12-20)7-9-21/h11,13,16-19,21H,2-10,12H2,1H3/t13-,16-,17+,18+,19-,20+/m0/s1. The van der Waals surface area contributed by atoms with Gasteiger partial charge in [-0.25, -0.2) is 0 Å². The number of aliphatic hydroxyl groups excluding tert-OH is 1. The number of allylic oxidation sites excluding steroid dienone is 1. The molecule has 22 heavy (non-hydrogen) atoms. The van der Waals surface area contributed by atoms with Gasteiger partial charge >= 0.3 is 0 Å². The Morgan fingerprint density at radius 2 is 2.09 bits per heavy atom. The second kappa shape index (κ2) is 5.47. The number of carbonyl (C=O) groups excluding carboxylic acids is 1. The van der Waals surface area contributed by atoms with Crippen LogP contribution in [-0.4, -0.2) is 17.5 Å². The second-order valence-electron chi connectivity index (χ2n) is 8.81. The highest BCUT2D eigenvalue weighted by Crippen LogP contribution is 2.63. The number of rotatable bonds is 2. The van der Waals surface area contributed by atoms with E-state index in [1.807, 2.05) is 6.08 Å². The number of aliphatic hydroxyl groups is 1. The summed E-state index contributed by atoms with van der Waals surface area (Å²) in [7, 11) is 0. The molecular formula is C20H30O2. The molecule has 0 aromatic carbocycles. The van der Waals surface area contributed by atoms with Gasteiger partial charge in [0.2, 0.25) is 0 Å². The lowest BCUT2D eigenvalue weighted by Gasteiger charge is -2.52. The van der Waals surface area contributed by atoms with Crippen molar-refractivity contribution in [1.29, 1.82) is 0 Å². The maximum absolute atomic E-state index is 11.7. The first-order chi connectivity index (χ1) is 10.6. The zero-order chi connectivity index (χ0) is 15.3. The molecule has 0 amide bonds. The minimum absolute atomic E-state index is 0.360. The Hall–Kier alpha value is -0.630. The van der Waals surface area contributed by atoms with E-state index in [-0.39, 0.29) is 0 Å². The van der Waals surface area contributed by atoms with Gasteiger partial charge in [0.25, 0.3) is 0 Å². The molecule has 0 aliphatic heterocycles. The second-order valence-corrected chi connectivity index (χ2v) is 8.81. The van der Waals surface area contributed by atoms with E-state index in [2.05, 4.69) is 6.92 Å². The van der Waals surface area contributed by atoms with Crippen molar-refractivity contribution in [2.24, 2.45) is 35.0 Å². The Kier molecular flexibility index (Phi) is 3.71. The highest BCUT2D eigenvalue weighted by Gasteiger charge is 2.54. The van der Waals surface area contributed by atoms with Crippen LogP contribution in [0.2, 0.25) is 0 Å². The summed E-state index contributed by atoms with van der Waals surface area (Å²) in [5.74, 6) is 4.45. The van der Waals surface area contributed by atoms with E-state index in [0.717, 1.165) is 48.9 Å². The molecule has 0 spiro atoms. The molecule has 2 heteroatoms. The summed E-state index contributed by atoms with van der Waals surface area (Å²) in [5.41, 5.74) is 2.03. The summed E-state index contributed by atoms with van der Waals surface area (Å²) in [4.78, 5) is 11.7. The van der Waals surface area contributed by atoms with E-state index in [1.54, 1.807) is 0 Å². The molecule has 0 aromatic rings. The van der Waals surface area contributed by atoms with Gasteiger partial charge in [0.15, 0.2) is 5.78 Å². The van der Waals surface area contributed by atoms with Gasteiger partial charge in [0.1, 0.15) is 0 Å². The van der Waals surface area contributed by atoms with Crippen LogP contribution in [-0.2, 0) is 4.79 Å². The maximum atomic E-state index is 11.7. The normalized spacial score (nSPS) is 47.5. The van der Waals surface area contributed by atoms with Crippen molar-refractivity contribution in [3.63, 3.8) is 0 Å². The molecule has 0 unspecified atom stereocenters. The van der Waals surface area contributed by atoms with Gasteiger partial charge in [-0.05, 0) is 92.4 Å². The molecule has 4 rings (SSSR count). The van der Waals surface area contributed by atoms with Crippen LogP contribution >= 0.6 is 0 Å². The predicted octanol–water partition coefficient (Wildman–Crippen LogP) is 4.13. The Morgan fingerprint density at radius 1 is 1.23 bits per heavy atom. The zero-order valence-corrected chi connectivity index (χ0v) is 13.9. The average molecular weight is 302 g/mol. The monoisotopic (exact) mass is 302 g/mol. The van der Waals surface area contributed by atoms with Gasteiger partial charge in [0, 0.05) is 13.0 Å². The van der Waals surface area contributed by atoms with Crippen LogP contribution in [0.4, 0.5) is 0 Å². The Morgan fingerprint density at radius 3 is 2.91 bits per heavy atom. The third-order valence-corrected chi connectivity index (χ3v) is 7.70. The topological polar surface area (TPSA) is 37.3 Å². The van der Waals surface area contributed by atoms with Crippen molar-refractivity contribution in [2.45, 2.75) is 64.7 Å². The molecule has 0 bridgehead atoms. The van der Waals surface area contributed by atoms with Crippen LogP contribution in [0, 0.1) is 35.0 Å². The molecule has 0 radical (unpaired) electrons. The minimum atomic E-state index is 0.360. The van der Waals surface area contributed by atoms with E-state index >= 15 is 0 Å². The third kappa shape index (κ3) is 2.29. The minimum Gasteiger partial charge on any atom is -0.396 e. The lowest BCUT2D eigenvalue weighted by atomic mass is 9.52. The van der Waals surface area contributed by atoms with E-state index in [0.29, 0.717) is 17.8 Å². The number of hydrogen-bond acceptors (Lipinski definition) is 2. The largest absolute Gasteiger partial charge is 0.396 e. The molecule has 0 heterocycles. The summed E-state index contributed by atoms with van der Waals surface area (Å²) < 4.78 is 0. The van der Waals surface area contributed by atoms with Gasteiger partial charge in [-0.1, -0.05) is 12.5 Å². The molecule has 3 fully saturated rings.